The Hall–Kier alpha value is -7.76. The zero-order valence-electron chi connectivity index (χ0n) is 47.7. The van der Waals surface area contributed by atoms with Crippen LogP contribution in [0.3, 0.4) is 0 Å². The zero-order valence-corrected chi connectivity index (χ0v) is 47.7. The molecule has 5 heteroatoms. The number of alkyl halides is 2. The highest BCUT2D eigenvalue weighted by atomic mass is 19.1. The molecule has 0 bridgehead atoms. The number of fused-ring (bicyclic) bond motifs is 6. The molecule has 8 atom stereocenters. The van der Waals surface area contributed by atoms with Gasteiger partial charge in [0.25, 0.3) is 0 Å². The molecule has 3 aromatic rings. The molecule has 2 aromatic carbocycles. The van der Waals surface area contributed by atoms with Gasteiger partial charge in [-0.1, -0.05) is 170 Å². The quantitative estimate of drug-likeness (QED) is 0.169. The highest BCUT2D eigenvalue weighted by molar-refractivity contribution is 5.87. The summed E-state index contributed by atoms with van der Waals surface area (Å²) in [5.74, 6) is 2.66. The number of nitrogens with zero attached hydrogens (tertiary/aromatic N) is 2. The van der Waals surface area contributed by atoms with E-state index in [1.54, 1.807) is 12.2 Å². The normalized spacial score (nSPS) is 30.0. The Morgan fingerprint density at radius 2 is 1.28 bits per heavy atom. The van der Waals surface area contributed by atoms with Crippen LogP contribution in [0.4, 0.5) is 8.78 Å². The Labute approximate surface area is 490 Å². The van der Waals surface area contributed by atoms with Gasteiger partial charge in [0.2, 0.25) is 0 Å². The van der Waals surface area contributed by atoms with Gasteiger partial charge < -0.3 is 14.2 Å². The Balaban J connectivity index is 0.787. The van der Waals surface area contributed by atoms with Crippen LogP contribution in [0.15, 0.2) is 267 Å². The molecule has 12 aliphatic rings. The predicted octanol–water partition coefficient (Wildman–Crippen LogP) is 19.0. The fourth-order valence-electron chi connectivity index (χ4n) is 16.9. The average molecular weight is 1090 g/mol. The van der Waals surface area contributed by atoms with Gasteiger partial charge in [0.15, 0.2) is 0 Å². The summed E-state index contributed by atoms with van der Waals surface area (Å²) in [5, 5.41) is 0. The predicted molar refractivity (Wildman–Crippen MR) is 337 cm³/mol. The number of furan rings is 1. The lowest BCUT2D eigenvalue weighted by atomic mass is 9.59. The summed E-state index contributed by atoms with van der Waals surface area (Å²) >= 11 is 0. The maximum atomic E-state index is 15.1. The van der Waals surface area contributed by atoms with Gasteiger partial charge in [0.05, 0.1) is 22.9 Å². The minimum atomic E-state index is -1.00. The molecule has 0 fully saturated rings. The number of halogens is 2. The molecule has 8 unspecified atom stereocenters. The Bertz CT molecular complexity index is 3810. The van der Waals surface area contributed by atoms with Crippen molar-refractivity contribution >= 4 is 17.7 Å². The molecule has 12 aliphatic carbocycles. The molecule has 0 spiro atoms. The van der Waals surface area contributed by atoms with Crippen molar-refractivity contribution in [3.05, 3.63) is 302 Å². The van der Waals surface area contributed by atoms with Crippen molar-refractivity contribution in [1.29, 1.82) is 0 Å². The van der Waals surface area contributed by atoms with E-state index in [4.69, 9.17) is 4.42 Å². The van der Waals surface area contributed by atoms with E-state index >= 15 is 8.78 Å². The van der Waals surface area contributed by atoms with Crippen molar-refractivity contribution in [2.75, 3.05) is 0 Å². The largest absolute Gasteiger partial charge is 0.465 e. The smallest absolute Gasteiger partial charge is 0.122 e. The van der Waals surface area contributed by atoms with Crippen LogP contribution in [-0.2, 0) is 23.7 Å². The SMILES string of the molecule is C=CC1=CC=C(C2(c3ccccc3)C3=C(CCC(N(C4=CCC(F)C=C4)C4C=Cc5c(oc6c5C=CC(N(C5=CCC(F)C=C5)C5=CC7=C(CC5)c5ccccc5C7(C5=CCCC=C5)C5C=CC(C=C)CC5)C6)C4)=C3)C3=C2CCC=C3)CC1. The lowest BCUT2D eigenvalue weighted by Gasteiger charge is -2.45. The van der Waals surface area contributed by atoms with Crippen molar-refractivity contribution in [3.63, 3.8) is 0 Å². The van der Waals surface area contributed by atoms with Crippen molar-refractivity contribution < 1.29 is 13.2 Å². The second kappa shape index (κ2) is 21.1. The molecule has 1 heterocycles. The summed E-state index contributed by atoms with van der Waals surface area (Å²) < 4.78 is 37.5. The van der Waals surface area contributed by atoms with Crippen LogP contribution in [0.5, 0.6) is 0 Å². The number of benzene rings is 2. The highest BCUT2D eigenvalue weighted by Crippen LogP contribution is 2.63. The van der Waals surface area contributed by atoms with E-state index in [1.165, 1.54) is 78.2 Å². The molecule has 0 amide bonds. The van der Waals surface area contributed by atoms with Crippen LogP contribution < -0.4 is 0 Å². The molecule has 0 saturated heterocycles. The first kappa shape index (κ1) is 52.1. The van der Waals surface area contributed by atoms with Gasteiger partial charge in [-0.2, -0.15) is 0 Å². The van der Waals surface area contributed by atoms with Gasteiger partial charge in [0.1, 0.15) is 23.9 Å². The highest BCUT2D eigenvalue weighted by Gasteiger charge is 2.53. The summed E-state index contributed by atoms with van der Waals surface area (Å²) in [5.41, 5.74) is 23.3. The van der Waals surface area contributed by atoms with Gasteiger partial charge in [-0.05, 0) is 187 Å². The standard InChI is InChI=1S/C78H74F2N2O/c1-3-51-23-27-55(28-24-51)77(53-15-7-5-8-16-53)71-21-13-11-19-65(71)67-43-39-61(47-73(67)77)81(59-35-31-57(79)32-36-59)63-41-45-69-70-46-42-64(50-76(70)83-75(69)49-63)82(60-37-33-58(80)34-38-60)62-40-44-68-66-20-12-14-22-72(66)78(74(68)48-62,54-17-9-6-10-18-54)56-29-25-52(4-2)26-30-56/h3-5,7-9,11-12,14-20,22-23,25,27,29,31,33,35-38,41-42,45-48,52,56-58,63-64H,1-2,6,10,13,21,24,26,28,30,32,34,39-40,43-44,49-50H2. The van der Waals surface area contributed by atoms with Crippen LogP contribution >= 0.6 is 0 Å². The summed E-state index contributed by atoms with van der Waals surface area (Å²) in [7, 11) is 0. The van der Waals surface area contributed by atoms with Crippen LogP contribution in [0, 0.1) is 11.8 Å². The molecule has 1 aromatic heterocycles. The van der Waals surface area contributed by atoms with E-state index in [9.17, 15) is 0 Å². The van der Waals surface area contributed by atoms with E-state index in [2.05, 4.69) is 187 Å². The monoisotopic (exact) mass is 1090 g/mol. The molecule has 0 N–H and O–H groups in total. The summed E-state index contributed by atoms with van der Waals surface area (Å²) in [4.78, 5) is 5.07. The zero-order chi connectivity index (χ0) is 55.8. The van der Waals surface area contributed by atoms with Crippen molar-refractivity contribution in [3.8, 4) is 0 Å². The van der Waals surface area contributed by atoms with Crippen LogP contribution in [0.1, 0.15) is 129 Å². The van der Waals surface area contributed by atoms with Crippen LogP contribution in [0.2, 0.25) is 0 Å². The van der Waals surface area contributed by atoms with Crippen LogP contribution in [-0.4, -0.2) is 34.2 Å². The van der Waals surface area contributed by atoms with Gasteiger partial charge in [-0.3, -0.25) is 0 Å². The first-order valence-corrected chi connectivity index (χ1v) is 31.1. The molecule has 0 radical (unpaired) electrons. The van der Waals surface area contributed by atoms with Crippen molar-refractivity contribution in [2.24, 2.45) is 11.8 Å². The fraction of sp³-hybridized carbons (Fsp3) is 0.308. The van der Waals surface area contributed by atoms with E-state index in [0.717, 1.165) is 111 Å². The molecule has 0 aliphatic heterocycles. The van der Waals surface area contributed by atoms with E-state index in [1.807, 2.05) is 18.2 Å². The van der Waals surface area contributed by atoms with Gasteiger partial charge in [-0.15, -0.1) is 6.58 Å². The summed E-state index contributed by atoms with van der Waals surface area (Å²) in [6, 6.07) is 20.4. The Morgan fingerprint density at radius 1 is 0.590 bits per heavy atom. The first-order chi connectivity index (χ1) is 40.8. The molecule has 3 nitrogen and oxygen atoms in total. The Morgan fingerprint density at radius 3 is 1.90 bits per heavy atom. The third-order valence-electron chi connectivity index (χ3n) is 20.6. The van der Waals surface area contributed by atoms with Gasteiger partial charge in [0, 0.05) is 59.6 Å². The molecule has 416 valence electrons. The van der Waals surface area contributed by atoms with Crippen LogP contribution in [0.25, 0.3) is 17.7 Å². The van der Waals surface area contributed by atoms with E-state index in [0.29, 0.717) is 31.6 Å². The lowest BCUT2D eigenvalue weighted by Crippen LogP contribution is -2.40. The second-order valence-corrected chi connectivity index (χ2v) is 24.9. The van der Waals surface area contributed by atoms with Crippen molar-refractivity contribution in [2.45, 2.75) is 138 Å². The average Bonchev–Trinajstić information content (AvgIpc) is 2.66. The molecular formula is C78H74F2N2O. The maximum Gasteiger partial charge on any atom is 0.122 e. The lowest BCUT2D eigenvalue weighted by molar-refractivity contribution is 0.308. The minimum absolute atomic E-state index is 0.0496. The molecule has 83 heavy (non-hydrogen) atoms. The maximum absolute atomic E-state index is 15.1. The number of allylic oxidation sites excluding steroid dienone is 30. The third kappa shape index (κ3) is 8.44. The number of rotatable bonds is 12. The minimum Gasteiger partial charge on any atom is -0.465 e. The summed E-state index contributed by atoms with van der Waals surface area (Å²) in [6.07, 6.45) is 64.1. The van der Waals surface area contributed by atoms with Gasteiger partial charge in [-0.25, -0.2) is 8.78 Å². The van der Waals surface area contributed by atoms with E-state index in [-0.39, 0.29) is 28.8 Å². The summed E-state index contributed by atoms with van der Waals surface area (Å²) in [6.45, 7) is 8.34. The Kier molecular flexibility index (Phi) is 13.3. The van der Waals surface area contributed by atoms with E-state index < -0.39 is 12.3 Å². The number of hydrogen-bond acceptors (Lipinski definition) is 3. The molecule has 0 saturated carbocycles. The third-order valence-corrected chi connectivity index (χ3v) is 20.6. The van der Waals surface area contributed by atoms with Crippen molar-refractivity contribution in [1.82, 2.24) is 9.80 Å². The number of hydrogen-bond donors (Lipinski definition) is 0. The molecular weight excluding hydrogens is 1020 g/mol. The topological polar surface area (TPSA) is 19.6 Å². The van der Waals surface area contributed by atoms with Gasteiger partial charge >= 0.3 is 0 Å². The molecule has 15 rings (SSSR count). The second-order valence-electron chi connectivity index (χ2n) is 24.9. The first-order valence-electron chi connectivity index (χ1n) is 31.1. The fourth-order valence-corrected chi connectivity index (χ4v) is 16.9.